The van der Waals surface area contributed by atoms with Gasteiger partial charge in [0.2, 0.25) is 0 Å². The fourth-order valence-electron chi connectivity index (χ4n) is 2.52. The van der Waals surface area contributed by atoms with Crippen LogP contribution in [0.25, 0.3) is 0 Å². The average Bonchev–Trinajstić information content (AvgIpc) is 3.09. The topological polar surface area (TPSA) is 63.5 Å². The van der Waals surface area contributed by atoms with Gasteiger partial charge in [0.25, 0.3) is 0 Å². The summed E-state index contributed by atoms with van der Waals surface area (Å²) in [7, 11) is 1.61. The van der Waals surface area contributed by atoms with E-state index in [0.717, 1.165) is 12.8 Å². The fraction of sp³-hybridized carbons (Fsp3) is 0.643. The van der Waals surface area contributed by atoms with Crippen molar-refractivity contribution in [2.45, 2.75) is 36.6 Å². The Morgan fingerprint density at radius 3 is 3.05 bits per heavy atom. The lowest BCUT2D eigenvalue weighted by Gasteiger charge is -2.19. The van der Waals surface area contributed by atoms with Crippen LogP contribution in [-0.2, 0) is 4.74 Å². The molecule has 2 amide bonds. The molecule has 2 N–H and O–H groups in total. The summed E-state index contributed by atoms with van der Waals surface area (Å²) in [6.07, 6.45) is 6.99. The largest absolute Gasteiger partial charge is 0.467 e. The first-order valence-electron chi connectivity index (χ1n) is 6.85. The predicted octanol–water partition coefficient (Wildman–Crippen LogP) is 2.55. The van der Waals surface area contributed by atoms with E-state index in [0.29, 0.717) is 17.6 Å². The van der Waals surface area contributed by atoms with E-state index in [1.54, 1.807) is 19.4 Å². The quantitative estimate of drug-likeness (QED) is 0.847. The number of urea groups is 1. The molecule has 0 radical (unpaired) electrons. The van der Waals surface area contributed by atoms with E-state index in [1.165, 1.54) is 6.42 Å². The zero-order valence-electron chi connectivity index (χ0n) is 11.9. The Bertz CT molecular complexity index is 411. The van der Waals surface area contributed by atoms with Crippen LogP contribution in [0.1, 0.15) is 31.1 Å². The summed E-state index contributed by atoms with van der Waals surface area (Å²) < 4.78 is 10.5. The highest BCUT2D eigenvalue weighted by Gasteiger charge is 2.26. The molecule has 1 aromatic heterocycles. The summed E-state index contributed by atoms with van der Waals surface area (Å²) in [5.41, 5.74) is 0. The van der Waals surface area contributed by atoms with E-state index in [2.05, 4.69) is 16.9 Å². The molecule has 0 aliphatic heterocycles. The number of methoxy groups -OCH3 is 1. The van der Waals surface area contributed by atoms with Crippen molar-refractivity contribution in [1.29, 1.82) is 0 Å². The van der Waals surface area contributed by atoms with Crippen molar-refractivity contribution in [3.63, 3.8) is 0 Å². The van der Waals surface area contributed by atoms with E-state index in [1.807, 2.05) is 17.8 Å². The number of carbonyl (C=O) groups is 1. The number of nitrogens with one attached hydrogen (secondary N) is 2. The molecule has 0 bridgehead atoms. The smallest absolute Gasteiger partial charge is 0.315 e. The van der Waals surface area contributed by atoms with E-state index < -0.39 is 0 Å². The van der Waals surface area contributed by atoms with Crippen molar-refractivity contribution >= 4 is 17.8 Å². The van der Waals surface area contributed by atoms with Crippen LogP contribution in [0, 0.1) is 0 Å². The predicted molar refractivity (Wildman–Crippen MR) is 79.9 cm³/mol. The molecule has 0 aromatic carbocycles. The minimum atomic E-state index is -0.257. The maximum atomic E-state index is 12.0. The number of hydrogen-bond donors (Lipinski definition) is 2. The highest BCUT2D eigenvalue weighted by atomic mass is 32.2. The van der Waals surface area contributed by atoms with Crippen LogP contribution in [-0.4, -0.2) is 37.3 Å². The fourth-order valence-corrected chi connectivity index (χ4v) is 3.32. The Kier molecular flexibility index (Phi) is 5.79. The van der Waals surface area contributed by atoms with Gasteiger partial charge in [0.15, 0.2) is 0 Å². The van der Waals surface area contributed by atoms with Gasteiger partial charge in [-0.05, 0) is 37.7 Å². The van der Waals surface area contributed by atoms with Crippen LogP contribution in [0.3, 0.4) is 0 Å². The summed E-state index contributed by atoms with van der Waals surface area (Å²) in [6, 6.07) is 3.50. The zero-order valence-corrected chi connectivity index (χ0v) is 12.7. The molecule has 0 saturated heterocycles. The monoisotopic (exact) mass is 298 g/mol. The van der Waals surface area contributed by atoms with Gasteiger partial charge in [0.1, 0.15) is 11.8 Å². The maximum Gasteiger partial charge on any atom is 0.315 e. The number of furan rings is 1. The molecule has 1 aliphatic carbocycles. The molecule has 5 nitrogen and oxygen atoms in total. The minimum Gasteiger partial charge on any atom is -0.467 e. The first-order valence-corrected chi connectivity index (χ1v) is 8.14. The van der Waals surface area contributed by atoms with Crippen LogP contribution >= 0.6 is 11.8 Å². The van der Waals surface area contributed by atoms with E-state index in [4.69, 9.17) is 9.15 Å². The first-order chi connectivity index (χ1) is 9.72. The number of ether oxygens (including phenoxy) is 1. The van der Waals surface area contributed by atoms with E-state index in [9.17, 15) is 4.79 Å². The summed E-state index contributed by atoms with van der Waals surface area (Å²) in [6.45, 7) is 0.388. The van der Waals surface area contributed by atoms with Gasteiger partial charge >= 0.3 is 6.03 Å². The Balaban J connectivity index is 1.83. The molecule has 1 heterocycles. The van der Waals surface area contributed by atoms with Crippen LogP contribution in [0.2, 0.25) is 0 Å². The lowest BCUT2D eigenvalue weighted by molar-refractivity contribution is 0.156. The van der Waals surface area contributed by atoms with Crippen LogP contribution < -0.4 is 10.6 Å². The second-order valence-corrected chi connectivity index (χ2v) is 6.15. The number of rotatable bonds is 6. The molecule has 112 valence electrons. The van der Waals surface area contributed by atoms with Crippen LogP contribution in [0.5, 0.6) is 0 Å². The van der Waals surface area contributed by atoms with Crippen LogP contribution in [0.4, 0.5) is 4.79 Å². The van der Waals surface area contributed by atoms with Gasteiger partial charge in [0, 0.05) is 18.4 Å². The van der Waals surface area contributed by atoms with Crippen molar-refractivity contribution in [2.24, 2.45) is 0 Å². The molecule has 0 spiro atoms. The normalized spacial score (nSPS) is 23.5. The molecular formula is C14H22N2O3S. The highest BCUT2D eigenvalue weighted by Crippen LogP contribution is 2.28. The second-order valence-electron chi connectivity index (χ2n) is 5.01. The highest BCUT2D eigenvalue weighted by molar-refractivity contribution is 7.99. The number of amides is 2. The minimum absolute atomic E-state index is 0.157. The zero-order chi connectivity index (χ0) is 14.4. The van der Waals surface area contributed by atoms with E-state index in [-0.39, 0.29) is 18.1 Å². The summed E-state index contributed by atoms with van der Waals surface area (Å²) in [5.74, 6) is 0.704. The molecule has 0 unspecified atom stereocenters. The second kappa shape index (κ2) is 7.59. The summed E-state index contributed by atoms with van der Waals surface area (Å²) in [5, 5.41) is 6.60. The summed E-state index contributed by atoms with van der Waals surface area (Å²) >= 11 is 1.88. The molecule has 1 aliphatic rings. The van der Waals surface area contributed by atoms with Crippen molar-refractivity contribution in [1.82, 2.24) is 10.6 Å². The lowest BCUT2D eigenvalue weighted by atomic mass is 10.2. The van der Waals surface area contributed by atoms with Crippen molar-refractivity contribution in [3.8, 4) is 0 Å². The molecule has 3 atom stereocenters. The Labute approximate surface area is 123 Å². The van der Waals surface area contributed by atoms with Crippen molar-refractivity contribution in [3.05, 3.63) is 24.2 Å². The molecule has 1 saturated carbocycles. The van der Waals surface area contributed by atoms with Gasteiger partial charge in [-0.2, -0.15) is 11.8 Å². The van der Waals surface area contributed by atoms with Gasteiger partial charge in [-0.1, -0.05) is 0 Å². The SMILES string of the molecule is COC[C@H](NC(=O)N[C@@H]1CC[C@H](SC)C1)c1ccco1. The van der Waals surface area contributed by atoms with Crippen molar-refractivity contribution in [2.75, 3.05) is 20.0 Å². The Hall–Kier alpha value is -1.14. The van der Waals surface area contributed by atoms with Crippen LogP contribution in [0.15, 0.2) is 22.8 Å². The molecule has 20 heavy (non-hydrogen) atoms. The lowest BCUT2D eigenvalue weighted by Crippen LogP contribution is -2.43. The molecule has 2 rings (SSSR count). The number of hydrogen-bond acceptors (Lipinski definition) is 4. The molecule has 1 fully saturated rings. The average molecular weight is 298 g/mol. The van der Waals surface area contributed by atoms with Gasteiger partial charge in [-0.3, -0.25) is 0 Å². The molecule has 6 heteroatoms. The van der Waals surface area contributed by atoms with Gasteiger partial charge in [-0.15, -0.1) is 0 Å². The van der Waals surface area contributed by atoms with Gasteiger partial charge in [-0.25, -0.2) is 4.79 Å². The molecular weight excluding hydrogens is 276 g/mol. The molecule has 1 aromatic rings. The van der Waals surface area contributed by atoms with Crippen molar-refractivity contribution < 1.29 is 13.9 Å². The number of carbonyl (C=O) groups excluding carboxylic acids is 1. The van der Waals surface area contributed by atoms with E-state index >= 15 is 0 Å². The standard InChI is InChI=1S/C14H22N2O3S/c1-18-9-12(13-4-3-7-19-13)16-14(17)15-10-5-6-11(8-10)20-2/h3-4,7,10-12H,5-6,8-9H2,1-2H3,(H2,15,16,17)/t10-,11+,12+/m1/s1. The third-order valence-corrected chi connectivity index (χ3v) is 4.67. The van der Waals surface area contributed by atoms with Gasteiger partial charge in [0.05, 0.1) is 12.9 Å². The third-order valence-electron chi connectivity index (χ3n) is 3.58. The van der Waals surface area contributed by atoms with Gasteiger partial charge < -0.3 is 19.8 Å². The Morgan fingerprint density at radius 2 is 2.45 bits per heavy atom. The maximum absolute atomic E-state index is 12.0. The summed E-state index contributed by atoms with van der Waals surface area (Å²) in [4.78, 5) is 12.0. The number of thioether (sulfide) groups is 1. The first kappa shape index (κ1) is 15.3. The third kappa shape index (κ3) is 4.18. The Morgan fingerprint density at radius 1 is 1.60 bits per heavy atom.